The standard InChI is InChI=1S/C11H15N3O/c1-8-4-5-11(15-9(2)6-12)10(14-8)7-13-3/h4-5,9,13H,7H2,1-3H3. The summed E-state index contributed by atoms with van der Waals surface area (Å²) < 4.78 is 5.44. The summed E-state index contributed by atoms with van der Waals surface area (Å²) in [5, 5.41) is 11.7. The summed E-state index contributed by atoms with van der Waals surface area (Å²) >= 11 is 0. The van der Waals surface area contributed by atoms with Crippen molar-refractivity contribution in [2.75, 3.05) is 7.05 Å². The summed E-state index contributed by atoms with van der Waals surface area (Å²) in [6.45, 7) is 4.27. The third kappa shape index (κ3) is 3.22. The third-order valence-corrected chi connectivity index (χ3v) is 1.90. The number of nitrogens with zero attached hydrogens (tertiary/aromatic N) is 2. The first-order chi connectivity index (χ1) is 7.17. The van der Waals surface area contributed by atoms with E-state index in [9.17, 15) is 0 Å². The predicted molar refractivity (Wildman–Crippen MR) is 57.4 cm³/mol. The van der Waals surface area contributed by atoms with Gasteiger partial charge in [-0.15, -0.1) is 0 Å². The van der Waals surface area contributed by atoms with Crippen LogP contribution in [0.1, 0.15) is 18.3 Å². The Morgan fingerprint density at radius 1 is 1.60 bits per heavy atom. The monoisotopic (exact) mass is 205 g/mol. The van der Waals surface area contributed by atoms with Gasteiger partial charge in [-0.2, -0.15) is 5.26 Å². The van der Waals surface area contributed by atoms with E-state index in [1.54, 1.807) is 6.92 Å². The minimum absolute atomic E-state index is 0.454. The van der Waals surface area contributed by atoms with Gasteiger partial charge in [-0.3, -0.25) is 4.98 Å². The van der Waals surface area contributed by atoms with Crippen LogP contribution in [0.25, 0.3) is 0 Å². The number of hydrogen-bond donors (Lipinski definition) is 1. The molecule has 0 fully saturated rings. The number of pyridine rings is 1. The molecular weight excluding hydrogens is 190 g/mol. The molecule has 1 rings (SSSR count). The van der Waals surface area contributed by atoms with Crippen LogP contribution in [-0.2, 0) is 6.54 Å². The molecule has 0 aliphatic rings. The molecule has 0 amide bonds. The zero-order valence-electron chi connectivity index (χ0n) is 9.24. The summed E-state index contributed by atoms with van der Waals surface area (Å²) in [6.07, 6.45) is -0.454. The van der Waals surface area contributed by atoms with Crippen LogP contribution < -0.4 is 10.1 Å². The van der Waals surface area contributed by atoms with Crippen LogP contribution in [-0.4, -0.2) is 18.1 Å². The van der Waals surface area contributed by atoms with Crippen LogP contribution in [0.15, 0.2) is 12.1 Å². The van der Waals surface area contributed by atoms with Crippen molar-refractivity contribution in [3.63, 3.8) is 0 Å². The van der Waals surface area contributed by atoms with Gasteiger partial charge in [0.05, 0.1) is 5.69 Å². The molecule has 0 saturated heterocycles. The highest BCUT2D eigenvalue weighted by Crippen LogP contribution is 2.18. The van der Waals surface area contributed by atoms with Crippen molar-refractivity contribution in [1.29, 1.82) is 5.26 Å². The van der Waals surface area contributed by atoms with E-state index >= 15 is 0 Å². The minimum Gasteiger partial charge on any atom is -0.474 e. The van der Waals surface area contributed by atoms with Gasteiger partial charge < -0.3 is 10.1 Å². The molecule has 80 valence electrons. The lowest BCUT2D eigenvalue weighted by Gasteiger charge is -2.12. The van der Waals surface area contributed by atoms with Crippen molar-refractivity contribution >= 4 is 0 Å². The Morgan fingerprint density at radius 2 is 2.33 bits per heavy atom. The van der Waals surface area contributed by atoms with Gasteiger partial charge in [-0.1, -0.05) is 0 Å². The van der Waals surface area contributed by atoms with E-state index in [2.05, 4.69) is 10.3 Å². The summed E-state index contributed by atoms with van der Waals surface area (Å²) in [6, 6.07) is 5.75. The smallest absolute Gasteiger partial charge is 0.181 e. The van der Waals surface area contributed by atoms with Crippen LogP contribution in [0.2, 0.25) is 0 Å². The van der Waals surface area contributed by atoms with Crippen molar-refractivity contribution in [3.05, 3.63) is 23.5 Å². The zero-order valence-corrected chi connectivity index (χ0v) is 9.24. The lowest BCUT2D eigenvalue weighted by Crippen LogP contribution is -2.14. The Hall–Kier alpha value is -1.60. The van der Waals surface area contributed by atoms with Gasteiger partial charge >= 0.3 is 0 Å². The number of aryl methyl sites for hydroxylation is 1. The van der Waals surface area contributed by atoms with Crippen molar-refractivity contribution in [2.45, 2.75) is 26.5 Å². The van der Waals surface area contributed by atoms with Gasteiger partial charge in [-0.25, -0.2) is 0 Å². The maximum absolute atomic E-state index is 8.66. The number of hydrogen-bond acceptors (Lipinski definition) is 4. The molecule has 0 aliphatic heterocycles. The quantitative estimate of drug-likeness (QED) is 0.807. The summed E-state index contributed by atoms with van der Waals surface area (Å²) in [5.74, 6) is 0.670. The molecule has 1 heterocycles. The summed E-state index contributed by atoms with van der Waals surface area (Å²) in [4.78, 5) is 4.35. The van der Waals surface area contributed by atoms with Gasteiger partial charge in [0.25, 0.3) is 0 Å². The zero-order chi connectivity index (χ0) is 11.3. The van der Waals surface area contributed by atoms with Crippen molar-refractivity contribution < 1.29 is 4.74 Å². The molecule has 4 nitrogen and oxygen atoms in total. The van der Waals surface area contributed by atoms with Crippen molar-refractivity contribution in [2.24, 2.45) is 0 Å². The number of nitriles is 1. The molecule has 15 heavy (non-hydrogen) atoms. The fourth-order valence-corrected chi connectivity index (χ4v) is 1.22. The highest BCUT2D eigenvalue weighted by Gasteiger charge is 2.08. The molecule has 0 spiro atoms. The highest BCUT2D eigenvalue weighted by atomic mass is 16.5. The molecule has 1 N–H and O–H groups in total. The third-order valence-electron chi connectivity index (χ3n) is 1.90. The lowest BCUT2D eigenvalue weighted by atomic mass is 10.2. The van der Waals surface area contributed by atoms with Gasteiger partial charge in [-0.05, 0) is 33.0 Å². The van der Waals surface area contributed by atoms with Crippen LogP contribution >= 0.6 is 0 Å². The summed E-state index contributed by atoms with van der Waals surface area (Å²) in [7, 11) is 1.85. The number of rotatable bonds is 4. The molecule has 1 aromatic heterocycles. The second-order valence-corrected chi connectivity index (χ2v) is 3.32. The Kier molecular flexibility index (Phi) is 4.07. The van der Waals surface area contributed by atoms with E-state index in [4.69, 9.17) is 10.00 Å². The lowest BCUT2D eigenvalue weighted by molar-refractivity contribution is 0.271. The molecule has 0 aromatic carbocycles. The normalized spacial score (nSPS) is 11.9. The van der Waals surface area contributed by atoms with Gasteiger partial charge in [0.1, 0.15) is 11.8 Å². The SMILES string of the molecule is CNCc1nc(C)ccc1OC(C)C#N. The van der Waals surface area contributed by atoms with E-state index in [-0.39, 0.29) is 0 Å². The van der Waals surface area contributed by atoms with Crippen molar-refractivity contribution in [3.8, 4) is 11.8 Å². The first-order valence-corrected chi connectivity index (χ1v) is 4.84. The molecule has 0 radical (unpaired) electrons. The van der Waals surface area contributed by atoms with Crippen LogP contribution in [0.5, 0.6) is 5.75 Å². The molecule has 0 bridgehead atoms. The van der Waals surface area contributed by atoms with Gasteiger partial charge in [0, 0.05) is 12.2 Å². The molecule has 1 aromatic rings. The van der Waals surface area contributed by atoms with E-state index in [0.717, 1.165) is 11.4 Å². The molecule has 1 atom stereocenters. The van der Waals surface area contributed by atoms with E-state index < -0.39 is 6.10 Å². The summed E-state index contributed by atoms with van der Waals surface area (Å²) in [5.41, 5.74) is 1.77. The Bertz CT molecular complexity index is 371. The largest absolute Gasteiger partial charge is 0.474 e. The molecular formula is C11H15N3O. The second-order valence-electron chi connectivity index (χ2n) is 3.32. The average molecular weight is 205 g/mol. The number of ether oxygens (including phenoxy) is 1. The number of nitrogens with one attached hydrogen (secondary N) is 1. The first kappa shape index (κ1) is 11.5. The fourth-order valence-electron chi connectivity index (χ4n) is 1.22. The Morgan fingerprint density at radius 3 is 2.93 bits per heavy atom. The Labute approximate surface area is 89.9 Å². The highest BCUT2D eigenvalue weighted by molar-refractivity contribution is 5.29. The van der Waals surface area contributed by atoms with Gasteiger partial charge in [0.15, 0.2) is 6.10 Å². The van der Waals surface area contributed by atoms with E-state index in [0.29, 0.717) is 12.3 Å². The maximum atomic E-state index is 8.66. The molecule has 0 saturated carbocycles. The minimum atomic E-state index is -0.454. The van der Waals surface area contributed by atoms with Crippen molar-refractivity contribution in [1.82, 2.24) is 10.3 Å². The van der Waals surface area contributed by atoms with Gasteiger partial charge in [0.2, 0.25) is 0 Å². The topological polar surface area (TPSA) is 57.9 Å². The van der Waals surface area contributed by atoms with Crippen LogP contribution in [0.3, 0.4) is 0 Å². The number of aromatic nitrogens is 1. The second kappa shape index (κ2) is 5.32. The molecule has 0 aliphatic carbocycles. The maximum Gasteiger partial charge on any atom is 0.181 e. The average Bonchev–Trinajstić information content (AvgIpc) is 2.22. The van der Waals surface area contributed by atoms with E-state index in [1.807, 2.05) is 32.2 Å². The molecule has 4 heteroatoms. The fraction of sp³-hybridized carbons (Fsp3) is 0.455. The predicted octanol–water partition coefficient (Wildman–Crippen LogP) is 1.40. The first-order valence-electron chi connectivity index (χ1n) is 4.84. The van der Waals surface area contributed by atoms with E-state index in [1.165, 1.54) is 0 Å². The van der Waals surface area contributed by atoms with Crippen LogP contribution in [0.4, 0.5) is 0 Å². The van der Waals surface area contributed by atoms with Crippen LogP contribution in [0, 0.1) is 18.3 Å². The molecule has 1 unspecified atom stereocenters. The Balaban J connectivity index is 2.91.